The number of esters is 1. The molecule has 1 saturated heterocycles. The quantitative estimate of drug-likeness (QED) is 0.340. The van der Waals surface area contributed by atoms with E-state index in [0.29, 0.717) is 30.0 Å². The van der Waals surface area contributed by atoms with E-state index in [-0.39, 0.29) is 42.0 Å². The van der Waals surface area contributed by atoms with E-state index in [1.54, 1.807) is 19.2 Å². The summed E-state index contributed by atoms with van der Waals surface area (Å²) in [5.41, 5.74) is 2.40. The molecule has 0 N–H and O–H groups in total. The number of aromatic nitrogens is 2. The monoisotopic (exact) mass is 500 g/mol. The highest BCUT2D eigenvalue weighted by atomic mass is 19.1. The van der Waals surface area contributed by atoms with Crippen LogP contribution in [0.1, 0.15) is 77.5 Å². The van der Waals surface area contributed by atoms with E-state index < -0.39 is 5.79 Å². The lowest BCUT2D eigenvalue weighted by molar-refractivity contribution is -0.290. The molecule has 0 bridgehead atoms. The molecule has 1 aliphatic heterocycles. The molecule has 0 aliphatic carbocycles. The summed E-state index contributed by atoms with van der Waals surface area (Å²) in [5, 5.41) is 0. The fraction of sp³-hybridized carbons (Fsp3) is 0.536. The lowest BCUT2D eigenvalue weighted by Crippen LogP contribution is -2.44. The van der Waals surface area contributed by atoms with Crippen LogP contribution in [0.3, 0.4) is 0 Å². The summed E-state index contributed by atoms with van der Waals surface area (Å²) >= 11 is 0. The topological polar surface area (TPSA) is 79.7 Å². The van der Waals surface area contributed by atoms with Gasteiger partial charge in [-0.05, 0) is 56.0 Å². The molecule has 0 saturated carbocycles. The maximum absolute atomic E-state index is 13.6. The fourth-order valence-corrected chi connectivity index (χ4v) is 4.37. The van der Waals surface area contributed by atoms with Gasteiger partial charge in [-0.1, -0.05) is 39.3 Å². The Morgan fingerprint density at radius 1 is 1.28 bits per heavy atom. The average Bonchev–Trinajstić information content (AvgIpc) is 2.79. The van der Waals surface area contributed by atoms with Gasteiger partial charge < -0.3 is 14.2 Å². The van der Waals surface area contributed by atoms with Gasteiger partial charge in [0.15, 0.2) is 5.79 Å². The zero-order valence-electron chi connectivity index (χ0n) is 22.0. The molecule has 1 aliphatic rings. The van der Waals surface area contributed by atoms with Gasteiger partial charge in [0.25, 0.3) is 0 Å². The third-order valence-corrected chi connectivity index (χ3v) is 6.05. The standard InChI is InChI=1S/C28H37FN2O5/c1-7-8-15-34-24(32)17-22-16-21(35-28(4,5)36-22)13-14-23-25(18(2)3)30-27(33)31(6)26(23)19-9-11-20(29)12-10-19/h9-14,18,21-22H,7-8,15-17H2,1-6H3/b14-13+/t21-,22-/m1/s1. The lowest BCUT2D eigenvalue weighted by Gasteiger charge is -2.39. The molecule has 196 valence electrons. The fourth-order valence-electron chi connectivity index (χ4n) is 4.37. The molecule has 7 nitrogen and oxygen atoms in total. The number of halogens is 1. The SMILES string of the molecule is CCCCOC(=O)C[C@H]1C[C@@H](/C=C/c2c(C(C)C)nc(=O)n(C)c2-c2ccc(F)cc2)OC(C)(C)O1. The van der Waals surface area contributed by atoms with Crippen molar-refractivity contribution >= 4 is 12.0 Å². The van der Waals surface area contributed by atoms with Crippen LogP contribution in [-0.2, 0) is 26.1 Å². The predicted octanol–water partition coefficient (Wildman–Crippen LogP) is 5.37. The average molecular weight is 501 g/mol. The summed E-state index contributed by atoms with van der Waals surface area (Å²) in [4.78, 5) is 29.2. The highest BCUT2D eigenvalue weighted by Gasteiger charge is 2.35. The first-order valence-electron chi connectivity index (χ1n) is 12.6. The zero-order chi connectivity index (χ0) is 26.5. The Morgan fingerprint density at radius 3 is 2.61 bits per heavy atom. The smallest absolute Gasteiger partial charge is 0.348 e. The van der Waals surface area contributed by atoms with Crippen LogP contribution in [0.15, 0.2) is 35.1 Å². The Bertz CT molecular complexity index is 1140. The number of hydrogen-bond acceptors (Lipinski definition) is 6. The van der Waals surface area contributed by atoms with Crippen molar-refractivity contribution < 1.29 is 23.4 Å². The van der Waals surface area contributed by atoms with Gasteiger partial charge in [0.05, 0.1) is 36.6 Å². The van der Waals surface area contributed by atoms with Crippen molar-refractivity contribution in [2.75, 3.05) is 6.61 Å². The minimum Gasteiger partial charge on any atom is -0.466 e. The Balaban J connectivity index is 1.93. The minimum atomic E-state index is -0.885. The van der Waals surface area contributed by atoms with E-state index in [0.717, 1.165) is 18.4 Å². The van der Waals surface area contributed by atoms with Crippen molar-refractivity contribution in [3.05, 3.63) is 57.9 Å². The van der Waals surface area contributed by atoms with Gasteiger partial charge in [-0.15, -0.1) is 0 Å². The number of carbonyl (C=O) groups excluding carboxylic acids is 1. The van der Waals surface area contributed by atoms with Crippen LogP contribution in [0.5, 0.6) is 0 Å². The van der Waals surface area contributed by atoms with Crippen molar-refractivity contribution in [3.8, 4) is 11.3 Å². The molecule has 1 fully saturated rings. The number of ether oxygens (including phenoxy) is 3. The first kappa shape index (κ1) is 27.7. The number of unbranched alkanes of at least 4 members (excludes halogenated alkanes) is 1. The second-order valence-corrected chi connectivity index (χ2v) is 9.93. The van der Waals surface area contributed by atoms with Gasteiger partial charge in [-0.25, -0.2) is 9.18 Å². The number of carbonyl (C=O) groups is 1. The third-order valence-electron chi connectivity index (χ3n) is 6.05. The van der Waals surface area contributed by atoms with E-state index in [9.17, 15) is 14.0 Å². The van der Waals surface area contributed by atoms with Crippen LogP contribution < -0.4 is 5.69 Å². The first-order valence-corrected chi connectivity index (χ1v) is 12.6. The molecule has 36 heavy (non-hydrogen) atoms. The highest BCUT2D eigenvalue weighted by Crippen LogP contribution is 2.32. The minimum absolute atomic E-state index is 0.0181. The molecule has 0 radical (unpaired) electrons. The summed E-state index contributed by atoms with van der Waals surface area (Å²) in [6.45, 7) is 10.0. The number of benzene rings is 1. The van der Waals surface area contributed by atoms with Crippen LogP contribution in [0.4, 0.5) is 4.39 Å². The highest BCUT2D eigenvalue weighted by molar-refractivity contribution is 5.74. The van der Waals surface area contributed by atoms with E-state index in [2.05, 4.69) is 4.98 Å². The number of nitrogens with zero attached hydrogens (tertiary/aromatic N) is 2. The van der Waals surface area contributed by atoms with Gasteiger partial charge in [0.2, 0.25) is 0 Å². The number of hydrogen-bond donors (Lipinski definition) is 0. The molecule has 2 heterocycles. The summed E-state index contributed by atoms with van der Waals surface area (Å²) < 4.78 is 32.5. The molecule has 2 aromatic rings. The summed E-state index contributed by atoms with van der Waals surface area (Å²) in [6.07, 6.45) is 5.56. The van der Waals surface area contributed by atoms with Crippen molar-refractivity contribution in [1.29, 1.82) is 0 Å². The van der Waals surface area contributed by atoms with Crippen LogP contribution in [0.25, 0.3) is 17.3 Å². The molecule has 8 heteroatoms. The summed E-state index contributed by atoms with van der Waals surface area (Å²) in [5.74, 6) is -1.53. The third kappa shape index (κ3) is 7.11. The molecular formula is C28H37FN2O5. The van der Waals surface area contributed by atoms with Crippen molar-refractivity contribution in [1.82, 2.24) is 9.55 Å². The number of rotatable bonds is 9. The van der Waals surface area contributed by atoms with Gasteiger partial charge in [-0.3, -0.25) is 9.36 Å². The van der Waals surface area contributed by atoms with Crippen LogP contribution in [0, 0.1) is 5.82 Å². The molecule has 1 aromatic heterocycles. The molecule has 3 rings (SSSR count). The van der Waals surface area contributed by atoms with E-state index in [1.165, 1.54) is 16.7 Å². The van der Waals surface area contributed by atoms with E-state index in [1.807, 2.05) is 46.8 Å². The van der Waals surface area contributed by atoms with Crippen molar-refractivity contribution in [2.24, 2.45) is 7.05 Å². The van der Waals surface area contributed by atoms with Gasteiger partial charge >= 0.3 is 11.7 Å². The maximum Gasteiger partial charge on any atom is 0.348 e. The van der Waals surface area contributed by atoms with Crippen LogP contribution in [-0.4, -0.2) is 40.1 Å². The van der Waals surface area contributed by atoms with Gasteiger partial charge in [0, 0.05) is 19.0 Å². The zero-order valence-corrected chi connectivity index (χ0v) is 22.0. The largest absolute Gasteiger partial charge is 0.466 e. The van der Waals surface area contributed by atoms with Crippen molar-refractivity contribution in [3.63, 3.8) is 0 Å². The predicted molar refractivity (Wildman–Crippen MR) is 137 cm³/mol. The lowest BCUT2D eigenvalue weighted by atomic mass is 9.96. The van der Waals surface area contributed by atoms with Crippen LogP contribution >= 0.6 is 0 Å². The molecule has 0 unspecified atom stereocenters. The molecule has 0 amide bonds. The van der Waals surface area contributed by atoms with E-state index in [4.69, 9.17) is 14.2 Å². The Kier molecular flexibility index (Phi) is 9.19. The normalized spacial score (nSPS) is 19.7. The Hall–Kier alpha value is -2.84. The molecule has 0 spiro atoms. The van der Waals surface area contributed by atoms with Gasteiger partial charge in [-0.2, -0.15) is 4.98 Å². The Morgan fingerprint density at radius 2 is 1.97 bits per heavy atom. The second-order valence-electron chi connectivity index (χ2n) is 9.93. The van der Waals surface area contributed by atoms with Gasteiger partial charge in [0.1, 0.15) is 5.82 Å². The molecule has 2 atom stereocenters. The van der Waals surface area contributed by atoms with Crippen molar-refractivity contribution in [2.45, 2.75) is 84.2 Å². The first-order chi connectivity index (χ1) is 17.0. The summed E-state index contributed by atoms with van der Waals surface area (Å²) in [7, 11) is 1.66. The van der Waals surface area contributed by atoms with E-state index >= 15 is 0 Å². The maximum atomic E-state index is 13.6. The Labute approximate surface area is 212 Å². The summed E-state index contributed by atoms with van der Waals surface area (Å²) in [6, 6.07) is 6.05. The second kappa shape index (κ2) is 11.9. The van der Waals surface area contributed by atoms with Crippen LogP contribution in [0.2, 0.25) is 0 Å². The molecular weight excluding hydrogens is 463 g/mol. The molecule has 1 aromatic carbocycles.